The van der Waals surface area contributed by atoms with E-state index < -0.39 is 0 Å². The lowest BCUT2D eigenvalue weighted by atomic mass is 9.86. The smallest absolute Gasteiger partial charge is 0.0724 e. The maximum absolute atomic E-state index is 10.6. The number of aliphatic hydroxyl groups is 1. The fraction of sp³-hybridized carbons (Fsp3) is 1.00. The first kappa shape index (κ1) is 13.3. The monoisotopic (exact) mass is 241 g/mol. The molecule has 0 spiro atoms. The van der Waals surface area contributed by atoms with E-state index >= 15 is 0 Å². The third-order valence-electron chi connectivity index (χ3n) is 4.65. The summed E-state index contributed by atoms with van der Waals surface area (Å²) in [4.78, 5) is 2.58. The van der Waals surface area contributed by atoms with E-state index in [4.69, 9.17) is 4.74 Å². The first-order chi connectivity index (χ1) is 8.29. The molecule has 1 aliphatic heterocycles. The first-order valence-electron chi connectivity index (χ1n) is 7.22. The Balaban J connectivity index is 1.94. The summed E-state index contributed by atoms with van der Waals surface area (Å²) in [5.74, 6) is 0. The molecule has 1 atom stereocenters. The Morgan fingerprint density at radius 3 is 2.41 bits per heavy atom. The fourth-order valence-corrected chi connectivity index (χ4v) is 3.70. The Morgan fingerprint density at radius 2 is 1.82 bits per heavy atom. The molecule has 0 radical (unpaired) electrons. The van der Waals surface area contributed by atoms with Gasteiger partial charge in [0.25, 0.3) is 0 Å². The van der Waals surface area contributed by atoms with Crippen molar-refractivity contribution < 1.29 is 9.84 Å². The van der Waals surface area contributed by atoms with E-state index in [1.54, 1.807) is 7.11 Å². The van der Waals surface area contributed by atoms with Crippen LogP contribution in [0, 0.1) is 0 Å². The van der Waals surface area contributed by atoms with Crippen molar-refractivity contribution in [3.05, 3.63) is 0 Å². The summed E-state index contributed by atoms with van der Waals surface area (Å²) >= 11 is 0. The minimum absolute atomic E-state index is 0.115. The highest BCUT2D eigenvalue weighted by atomic mass is 16.5. The minimum atomic E-state index is -0.154. The number of aliphatic hydroxyl groups excluding tert-OH is 1. The van der Waals surface area contributed by atoms with Crippen molar-refractivity contribution in [2.24, 2.45) is 0 Å². The molecule has 0 aromatic rings. The predicted molar refractivity (Wildman–Crippen MR) is 69.1 cm³/mol. The van der Waals surface area contributed by atoms with Crippen LogP contribution in [-0.4, -0.2) is 48.5 Å². The molecule has 3 heteroatoms. The molecule has 0 aromatic carbocycles. The highest BCUT2D eigenvalue weighted by Gasteiger charge is 2.45. The summed E-state index contributed by atoms with van der Waals surface area (Å²) in [5, 5.41) is 10.6. The molecule has 1 unspecified atom stereocenters. The number of methoxy groups -OCH3 is 1. The number of rotatable bonds is 6. The van der Waals surface area contributed by atoms with E-state index in [2.05, 4.69) is 4.90 Å². The van der Waals surface area contributed by atoms with E-state index in [0.29, 0.717) is 0 Å². The van der Waals surface area contributed by atoms with Crippen LogP contribution in [0.2, 0.25) is 0 Å². The molecule has 2 rings (SSSR count). The van der Waals surface area contributed by atoms with E-state index in [1.165, 1.54) is 51.6 Å². The zero-order valence-electron chi connectivity index (χ0n) is 11.2. The second-order valence-corrected chi connectivity index (χ2v) is 5.66. The van der Waals surface area contributed by atoms with Gasteiger partial charge in [0.1, 0.15) is 0 Å². The molecule has 2 fully saturated rings. The molecule has 1 saturated heterocycles. The fourth-order valence-electron chi connectivity index (χ4n) is 3.70. The lowest BCUT2D eigenvalue weighted by Gasteiger charge is -2.42. The Bertz CT molecular complexity index is 220. The van der Waals surface area contributed by atoms with Crippen molar-refractivity contribution in [2.75, 3.05) is 26.8 Å². The van der Waals surface area contributed by atoms with Gasteiger partial charge in [-0.2, -0.15) is 0 Å². The Kier molecular flexibility index (Phi) is 4.83. The molecule has 1 aliphatic carbocycles. The van der Waals surface area contributed by atoms with Crippen molar-refractivity contribution >= 4 is 0 Å². The summed E-state index contributed by atoms with van der Waals surface area (Å²) in [6, 6.07) is 0. The lowest BCUT2D eigenvalue weighted by molar-refractivity contribution is -0.0254. The van der Waals surface area contributed by atoms with Crippen LogP contribution >= 0.6 is 0 Å². The van der Waals surface area contributed by atoms with Crippen LogP contribution in [0.1, 0.15) is 51.4 Å². The Labute approximate surface area is 105 Å². The normalized spacial score (nSPS) is 26.5. The van der Waals surface area contributed by atoms with Gasteiger partial charge in [0.15, 0.2) is 0 Å². The number of hydrogen-bond donors (Lipinski definition) is 1. The van der Waals surface area contributed by atoms with Gasteiger partial charge in [0.2, 0.25) is 0 Å². The van der Waals surface area contributed by atoms with Gasteiger partial charge in [-0.25, -0.2) is 0 Å². The van der Waals surface area contributed by atoms with Crippen LogP contribution < -0.4 is 0 Å². The van der Waals surface area contributed by atoms with Crippen LogP contribution in [0.4, 0.5) is 0 Å². The molecule has 1 N–H and O–H groups in total. The standard InChI is InChI=1S/C14H27NO2/c1-17-12-6-7-13(16)14(8-2-3-9-14)15-10-4-5-11-15/h13,16H,2-12H2,1H3. The number of nitrogens with zero attached hydrogens (tertiary/aromatic N) is 1. The van der Waals surface area contributed by atoms with Gasteiger partial charge in [-0.05, 0) is 51.6 Å². The van der Waals surface area contributed by atoms with Crippen LogP contribution in [0.25, 0.3) is 0 Å². The van der Waals surface area contributed by atoms with E-state index in [1.807, 2.05) is 0 Å². The molecule has 100 valence electrons. The van der Waals surface area contributed by atoms with Crippen molar-refractivity contribution in [1.82, 2.24) is 4.90 Å². The zero-order valence-corrected chi connectivity index (χ0v) is 11.2. The second-order valence-electron chi connectivity index (χ2n) is 5.66. The van der Waals surface area contributed by atoms with Gasteiger partial charge in [-0.3, -0.25) is 4.90 Å². The number of ether oxygens (including phenoxy) is 1. The second kappa shape index (κ2) is 6.17. The average molecular weight is 241 g/mol. The number of likely N-dealkylation sites (tertiary alicyclic amines) is 1. The molecule has 3 nitrogen and oxygen atoms in total. The van der Waals surface area contributed by atoms with Crippen molar-refractivity contribution in [3.8, 4) is 0 Å². The highest BCUT2D eigenvalue weighted by Crippen LogP contribution is 2.41. The topological polar surface area (TPSA) is 32.7 Å². The maximum atomic E-state index is 10.6. The minimum Gasteiger partial charge on any atom is -0.391 e. The molecular weight excluding hydrogens is 214 g/mol. The van der Waals surface area contributed by atoms with Gasteiger partial charge < -0.3 is 9.84 Å². The van der Waals surface area contributed by atoms with Crippen LogP contribution in [0.5, 0.6) is 0 Å². The molecule has 17 heavy (non-hydrogen) atoms. The van der Waals surface area contributed by atoms with Gasteiger partial charge in [-0.1, -0.05) is 12.8 Å². The summed E-state index contributed by atoms with van der Waals surface area (Å²) in [7, 11) is 1.73. The van der Waals surface area contributed by atoms with Crippen LogP contribution in [0.3, 0.4) is 0 Å². The third kappa shape index (κ3) is 2.83. The highest BCUT2D eigenvalue weighted by molar-refractivity contribution is 5.01. The Morgan fingerprint density at radius 1 is 1.18 bits per heavy atom. The van der Waals surface area contributed by atoms with E-state index in [9.17, 15) is 5.11 Å². The quantitative estimate of drug-likeness (QED) is 0.724. The number of hydrogen-bond acceptors (Lipinski definition) is 3. The lowest BCUT2D eigenvalue weighted by Crippen LogP contribution is -2.53. The molecule has 2 aliphatic rings. The first-order valence-corrected chi connectivity index (χ1v) is 7.22. The summed E-state index contributed by atoms with van der Waals surface area (Å²) in [6.45, 7) is 3.16. The van der Waals surface area contributed by atoms with Crippen LogP contribution in [-0.2, 0) is 4.74 Å². The summed E-state index contributed by atoms with van der Waals surface area (Å²) in [6.07, 6.45) is 9.31. The molecule has 1 saturated carbocycles. The van der Waals surface area contributed by atoms with Crippen molar-refractivity contribution in [2.45, 2.75) is 63.0 Å². The van der Waals surface area contributed by atoms with Gasteiger partial charge in [0, 0.05) is 19.3 Å². The average Bonchev–Trinajstić information content (AvgIpc) is 3.00. The Hall–Kier alpha value is -0.120. The largest absolute Gasteiger partial charge is 0.391 e. The molecule has 1 heterocycles. The molecule has 0 amide bonds. The molecular formula is C14H27NO2. The maximum Gasteiger partial charge on any atom is 0.0724 e. The van der Waals surface area contributed by atoms with Crippen molar-refractivity contribution in [3.63, 3.8) is 0 Å². The summed E-state index contributed by atoms with van der Waals surface area (Å²) < 4.78 is 5.09. The molecule has 0 aromatic heterocycles. The summed E-state index contributed by atoms with van der Waals surface area (Å²) in [5.41, 5.74) is 0.115. The molecule has 0 bridgehead atoms. The van der Waals surface area contributed by atoms with Crippen LogP contribution in [0.15, 0.2) is 0 Å². The predicted octanol–water partition coefficient (Wildman–Crippen LogP) is 2.18. The zero-order chi connectivity index (χ0) is 12.1. The van der Waals surface area contributed by atoms with E-state index in [0.717, 1.165) is 19.4 Å². The van der Waals surface area contributed by atoms with E-state index in [-0.39, 0.29) is 11.6 Å². The third-order valence-corrected chi connectivity index (χ3v) is 4.65. The van der Waals surface area contributed by atoms with Crippen molar-refractivity contribution in [1.29, 1.82) is 0 Å². The van der Waals surface area contributed by atoms with Gasteiger partial charge in [0.05, 0.1) is 6.10 Å². The van der Waals surface area contributed by atoms with Gasteiger partial charge in [-0.15, -0.1) is 0 Å². The van der Waals surface area contributed by atoms with Gasteiger partial charge >= 0.3 is 0 Å². The SMILES string of the molecule is COCCCC(O)C1(N2CCCC2)CCCC1.